The van der Waals surface area contributed by atoms with Gasteiger partial charge in [-0.3, -0.25) is 9.59 Å². The molecule has 1 aromatic carbocycles. The van der Waals surface area contributed by atoms with Crippen LogP contribution in [0.2, 0.25) is 0 Å². The number of nitrogens with one attached hydrogen (secondary N) is 1. The summed E-state index contributed by atoms with van der Waals surface area (Å²) >= 11 is 0. The van der Waals surface area contributed by atoms with Crippen LogP contribution >= 0.6 is 0 Å². The Bertz CT molecular complexity index is 635. The lowest BCUT2D eigenvalue weighted by Gasteiger charge is -2.34. The summed E-state index contributed by atoms with van der Waals surface area (Å²) in [7, 11) is 1.60. The minimum atomic E-state index is -0.345. The predicted octanol–water partition coefficient (Wildman–Crippen LogP) is 2.07. The van der Waals surface area contributed by atoms with E-state index in [1.807, 2.05) is 17.1 Å². The number of anilines is 1. The topological polar surface area (TPSA) is 67.9 Å². The molecule has 134 valence electrons. The van der Waals surface area contributed by atoms with E-state index in [1.165, 1.54) is 0 Å². The van der Waals surface area contributed by atoms with E-state index in [0.29, 0.717) is 44.8 Å². The normalized spacial score (nSPS) is 23.2. The molecule has 1 aromatic rings. The van der Waals surface area contributed by atoms with Crippen LogP contribution < -0.4 is 10.1 Å². The molecule has 0 radical (unpaired) electrons. The Balaban J connectivity index is 1.67. The van der Waals surface area contributed by atoms with E-state index in [2.05, 4.69) is 5.32 Å². The van der Waals surface area contributed by atoms with Crippen molar-refractivity contribution in [3.8, 4) is 5.75 Å². The molecule has 1 heterocycles. The fraction of sp³-hybridized carbons (Fsp3) is 0.474. The molecule has 0 saturated carbocycles. The van der Waals surface area contributed by atoms with E-state index in [0.717, 1.165) is 5.75 Å². The zero-order chi connectivity index (χ0) is 17.6. The lowest BCUT2D eigenvalue weighted by molar-refractivity contribution is -0.144. The van der Waals surface area contributed by atoms with Crippen molar-refractivity contribution >= 4 is 17.5 Å². The van der Waals surface area contributed by atoms with Gasteiger partial charge in [-0.2, -0.15) is 0 Å². The number of carbonyl (C=O) groups excluding carboxylic acids is 2. The second kappa shape index (κ2) is 8.16. The lowest BCUT2D eigenvalue weighted by atomic mass is 9.81. The predicted molar refractivity (Wildman–Crippen MR) is 94.4 cm³/mol. The van der Waals surface area contributed by atoms with Gasteiger partial charge in [0, 0.05) is 18.8 Å². The number of hydrogen-bond acceptors (Lipinski definition) is 4. The summed E-state index contributed by atoms with van der Waals surface area (Å²) in [4.78, 5) is 27.4. The van der Waals surface area contributed by atoms with Gasteiger partial charge in [-0.05, 0) is 37.1 Å². The van der Waals surface area contributed by atoms with Crippen molar-refractivity contribution in [3.05, 3.63) is 36.4 Å². The molecule has 0 aromatic heterocycles. The van der Waals surface area contributed by atoms with E-state index in [1.54, 1.807) is 31.4 Å². The Morgan fingerprint density at radius 2 is 1.72 bits per heavy atom. The van der Waals surface area contributed by atoms with E-state index >= 15 is 0 Å². The monoisotopic (exact) mass is 344 g/mol. The van der Waals surface area contributed by atoms with Crippen molar-refractivity contribution in [2.75, 3.05) is 38.7 Å². The lowest BCUT2D eigenvalue weighted by Crippen LogP contribution is -2.47. The Labute approximate surface area is 147 Å². The van der Waals surface area contributed by atoms with Gasteiger partial charge < -0.3 is 19.7 Å². The Morgan fingerprint density at radius 3 is 2.36 bits per heavy atom. The molecule has 1 N–H and O–H groups in total. The number of rotatable bonds is 4. The maximum atomic E-state index is 12.8. The SMILES string of the molecule is COc1ccc(NC(=O)C2CC=CCC2C(=O)N2CCOCC2)cc1. The zero-order valence-corrected chi connectivity index (χ0v) is 14.4. The second-order valence-corrected chi connectivity index (χ2v) is 6.31. The highest BCUT2D eigenvalue weighted by molar-refractivity contribution is 5.96. The molecule has 6 heteroatoms. The number of amides is 2. The standard InChI is InChI=1S/C19H24N2O4/c1-24-15-8-6-14(7-9-15)20-18(22)16-4-2-3-5-17(16)19(23)21-10-12-25-13-11-21/h2-3,6-9,16-17H,4-5,10-13H2,1H3,(H,20,22). The second-order valence-electron chi connectivity index (χ2n) is 6.31. The van der Waals surface area contributed by atoms with Crippen LogP contribution in [0.5, 0.6) is 5.75 Å². The van der Waals surface area contributed by atoms with E-state index in [4.69, 9.17) is 9.47 Å². The van der Waals surface area contributed by atoms with E-state index in [-0.39, 0.29) is 23.7 Å². The van der Waals surface area contributed by atoms with Crippen molar-refractivity contribution < 1.29 is 19.1 Å². The van der Waals surface area contributed by atoms with Crippen LogP contribution in [0.25, 0.3) is 0 Å². The number of carbonyl (C=O) groups is 2. The molecule has 2 amide bonds. The third-order valence-corrected chi connectivity index (χ3v) is 4.77. The average molecular weight is 344 g/mol. The van der Waals surface area contributed by atoms with Crippen LogP contribution in [0, 0.1) is 11.8 Å². The minimum absolute atomic E-state index is 0.0579. The molecular weight excluding hydrogens is 320 g/mol. The van der Waals surface area contributed by atoms with Crippen LogP contribution in [0.4, 0.5) is 5.69 Å². The molecule has 0 spiro atoms. The molecule has 2 aliphatic rings. The van der Waals surface area contributed by atoms with Crippen LogP contribution in [-0.4, -0.2) is 50.1 Å². The molecule has 2 atom stereocenters. The highest BCUT2D eigenvalue weighted by atomic mass is 16.5. The van der Waals surface area contributed by atoms with Gasteiger partial charge >= 0.3 is 0 Å². The molecule has 1 aliphatic carbocycles. The summed E-state index contributed by atoms with van der Waals surface area (Å²) in [6, 6.07) is 7.20. The molecule has 1 saturated heterocycles. The first-order chi connectivity index (χ1) is 12.2. The molecule has 0 bridgehead atoms. The summed E-state index contributed by atoms with van der Waals surface area (Å²) < 4.78 is 10.4. The molecule has 6 nitrogen and oxygen atoms in total. The molecule has 1 aliphatic heterocycles. The quantitative estimate of drug-likeness (QED) is 0.849. The van der Waals surface area contributed by atoms with Gasteiger partial charge in [0.15, 0.2) is 0 Å². The number of allylic oxidation sites excluding steroid dienone is 2. The van der Waals surface area contributed by atoms with Crippen molar-refractivity contribution in [1.82, 2.24) is 4.90 Å². The Hall–Kier alpha value is -2.34. The first kappa shape index (κ1) is 17.5. The summed E-state index contributed by atoms with van der Waals surface area (Å²) in [5, 5.41) is 2.93. The zero-order valence-electron chi connectivity index (χ0n) is 14.4. The summed E-state index contributed by atoms with van der Waals surface area (Å²) in [6.07, 6.45) is 5.18. The molecule has 2 unspecified atom stereocenters. The van der Waals surface area contributed by atoms with Gasteiger partial charge in [0.25, 0.3) is 0 Å². The Kier molecular flexibility index (Phi) is 5.71. The van der Waals surface area contributed by atoms with E-state index < -0.39 is 0 Å². The van der Waals surface area contributed by atoms with Gasteiger partial charge in [-0.1, -0.05) is 12.2 Å². The number of methoxy groups -OCH3 is 1. The number of hydrogen-bond donors (Lipinski definition) is 1. The van der Waals surface area contributed by atoms with E-state index in [9.17, 15) is 9.59 Å². The maximum absolute atomic E-state index is 12.8. The average Bonchev–Trinajstić information content (AvgIpc) is 2.68. The summed E-state index contributed by atoms with van der Waals surface area (Å²) in [5.74, 6) is 0.0337. The van der Waals surface area contributed by atoms with Gasteiger partial charge in [-0.15, -0.1) is 0 Å². The van der Waals surface area contributed by atoms with Crippen molar-refractivity contribution in [2.45, 2.75) is 12.8 Å². The molecule has 1 fully saturated rings. The third-order valence-electron chi connectivity index (χ3n) is 4.77. The van der Waals surface area contributed by atoms with Crippen LogP contribution in [0.15, 0.2) is 36.4 Å². The maximum Gasteiger partial charge on any atom is 0.228 e. The third kappa shape index (κ3) is 4.20. The minimum Gasteiger partial charge on any atom is -0.497 e. The molecular formula is C19H24N2O4. The number of ether oxygens (including phenoxy) is 2. The van der Waals surface area contributed by atoms with Crippen molar-refractivity contribution in [2.24, 2.45) is 11.8 Å². The smallest absolute Gasteiger partial charge is 0.228 e. The van der Waals surface area contributed by atoms with Crippen LogP contribution in [0.1, 0.15) is 12.8 Å². The van der Waals surface area contributed by atoms with Crippen molar-refractivity contribution in [1.29, 1.82) is 0 Å². The number of nitrogens with zero attached hydrogens (tertiary/aromatic N) is 1. The fourth-order valence-corrected chi connectivity index (χ4v) is 3.30. The largest absolute Gasteiger partial charge is 0.497 e. The van der Waals surface area contributed by atoms with Crippen LogP contribution in [-0.2, 0) is 14.3 Å². The first-order valence-electron chi connectivity index (χ1n) is 8.65. The summed E-state index contributed by atoms with van der Waals surface area (Å²) in [5.41, 5.74) is 0.706. The number of benzene rings is 1. The Morgan fingerprint density at radius 1 is 1.08 bits per heavy atom. The van der Waals surface area contributed by atoms with Gasteiger partial charge in [-0.25, -0.2) is 0 Å². The molecule has 3 rings (SSSR count). The van der Waals surface area contributed by atoms with Gasteiger partial charge in [0.2, 0.25) is 11.8 Å². The number of morpholine rings is 1. The highest BCUT2D eigenvalue weighted by Gasteiger charge is 2.36. The van der Waals surface area contributed by atoms with Gasteiger partial charge in [0.05, 0.1) is 32.2 Å². The van der Waals surface area contributed by atoms with Crippen LogP contribution in [0.3, 0.4) is 0 Å². The highest BCUT2D eigenvalue weighted by Crippen LogP contribution is 2.29. The molecule has 25 heavy (non-hydrogen) atoms. The fourth-order valence-electron chi connectivity index (χ4n) is 3.30. The van der Waals surface area contributed by atoms with Crippen molar-refractivity contribution in [3.63, 3.8) is 0 Å². The summed E-state index contributed by atoms with van der Waals surface area (Å²) in [6.45, 7) is 2.34. The first-order valence-corrected chi connectivity index (χ1v) is 8.65. The van der Waals surface area contributed by atoms with Gasteiger partial charge in [0.1, 0.15) is 5.75 Å².